The molecule has 0 aromatic heterocycles. The average molecular weight is 298 g/mol. The topological polar surface area (TPSA) is 50.6 Å². The second-order valence-electron chi connectivity index (χ2n) is 6.10. The first-order chi connectivity index (χ1) is 10.7. The van der Waals surface area contributed by atoms with Gasteiger partial charge in [0.1, 0.15) is 0 Å². The van der Waals surface area contributed by atoms with Crippen LogP contribution in [0.4, 0.5) is 0 Å². The van der Waals surface area contributed by atoms with E-state index in [1.54, 1.807) is 0 Å². The van der Waals surface area contributed by atoms with Gasteiger partial charge < -0.3 is 4.90 Å². The summed E-state index contributed by atoms with van der Waals surface area (Å²) in [5.41, 5.74) is 1.95. The van der Waals surface area contributed by atoms with Gasteiger partial charge in [0.05, 0.1) is 18.2 Å². The van der Waals surface area contributed by atoms with Gasteiger partial charge in [0.15, 0.2) is 0 Å². The third-order valence-corrected chi connectivity index (χ3v) is 4.52. The number of carbonyl (C=O) groups excluding carboxylic acids is 1. The maximum atomic E-state index is 12.0. The second-order valence-corrected chi connectivity index (χ2v) is 6.10. The number of carbonyl (C=O) groups is 1. The lowest BCUT2D eigenvalue weighted by Crippen LogP contribution is -2.52. The SMILES string of the molecule is N#Cc1ccc(CN2CCN(CC(=O)N3CCC3)CC2)cc1. The van der Waals surface area contributed by atoms with Crippen molar-refractivity contribution in [3.05, 3.63) is 35.4 Å². The van der Waals surface area contributed by atoms with E-state index in [1.807, 2.05) is 29.2 Å². The van der Waals surface area contributed by atoms with Gasteiger partial charge in [-0.3, -0.25) is 14.6 Å². The van der Waals surface area contributed by atoms with Crippen LogP contribution in [0, 0.1) is 11.3 Å². The van der Waals surface area contributed by atoms with Crippen LogP contribution in [0.15, 0.2) is 24.3 Å². The van der Waals surface area contributed by atoms with Crippen LogP contribution < -0.4 is 0 Å². The Morgan fingerprint density at radius 3 is 2.18 bits per heavy atom. The van der Waals surface area contributed by atoms with Crippen LogP contribution in [-0.4, -0.2) is 66.4 Å². The normalized spacial score (nSPS) is 19.5. The lowest BCUT2D eigenvalue weighted by Gasteiger charge is -2.37. The highest BCUT2D eigenvalue weighted by molar-refractivity contribution is 5.78. The van der Waals surface area contributed by atoms with Crippen molar-refractivity contribution in [1.82, 2.24) is 14.7 Å². The smallest absolute Gasteiger partial charge is 0.236 e. The number of rotatable bonds is 4. The molecule has 0 atom stereocenters. The van der Waals surface area contributed by atoms with E-state index in [9.17, 15) is 4.79 Å². The Morgan fingerprint density at radius 2 is 1.64 bits per heavy atom. The lowest BCUT2D eigenvalue weighted by molar-refractivity contribution is -0.136. The predicted octanol–water partition coefficient (Wildman–Crippen LogP) is 0.908. The number of likely N-dealkylation sites (tertiary alicyclic amines) is 1. The van der Waals surface area contributed by atoms with Gasteiger partial charge in [-0.25, -0.2) is 0 Å². The predicted molar refractivity (Wildman–Crippen MR) is 84.1 cm³/mol. The van der Waals surface area contributed by atoms with Crippen molar-refractivity contribution in [3.8, 4) is 6.07 Å². The molecule has 0 spiro atoms. The third-order valence-electron chi connectivity index (χ3n) is 4.52. The maximum absolute atomic E-state index is 12.0. The summed E-state index contributed by atoms with van der Waals surface area (Å²) < 4.78 is 0. The number of amides is 1. The van der Waals surface area contributed by atoms with Gasteiger partial charge in [0.25, 0.3) is 0 Å². The first kappa shape index (κ1) is 15.0. The summed E-state index contributed by atoms with van der Waals surface area (Å²) in [5.74, 6) is 0.284. The Kier molecular flexibility index (Phi) is 4.71. The van der Waals surface area contributed by atoms with Gasteiger partial charge >= 0.3 is 0 Å². The quantitative estimate of drug-likeness (QED) is 0.829. The highest BCUT2D eigenvalue weighted by Gasteiger charge is 2.24. The fourth-order valence-corrected chi connectivity index (χ4v) is 2.91. The first-order valence-electron chi connectivity index (χ1n) is 7.96. The van der Waals surface area contributed by atoms with Gasteiger partial charge in [0.2, 0.25) is 5.91 Å². The van der Waals surface area contributed by atoms with Crippen LogP contribution in [0.5, 0.6) is 0 Å². The third kappa shape index (κ3) is 3.65. The Bertz CT molecular complexity index is 551. The fourth-order valence-electron chi connectivity index (χ4n) is 2.91. The molecule has 1 amide bonds. The molecule has 0 unspecified atom stereocenters. The number of nitrogens with zero attached hydrogens (tertiary/aromatic N) is 4. The van der Waals surface area contributed by atoms with E-state index in [4.69, 9.17) is 5.26 Å². The highest BCUT2D eigenvalue weighted by Crippen LogP contribution is 2.11. The standard InChI is InChI=1S/C17H22N4O/c18-12-15-2-4-16(5-3-15)13-19-8-10-20(11-9-19)14-17(22)21-6-1-7-21/h2-5H,1,6-11,13-14H2. The molecule has 3 rings (SSSR count). The van der Waals surface area contributed by atoms with Crippen LogP contribution in [0.1, 0.15) is 17.5 Å². The minimum Gasteiger partial charge on any atom is -0.341 e. The van der Waals surface area contributed by atoms with Crippen molar-refractivity contribution >= 4 is 5.91 Å². The van der Waals surface area contributed by atoms with Crippen LogP contribution >= 0.6 is 0 Å². The van der Waals surface area contributed by atoms with Gasteiger partial charge in [-0.15, -0.1) is 0 Å². The molecular formula is C17H22N4O. The molecule has 116 valence electrons. The largest absolute Gasteiger partial charge is 0.341 e. The molecule has 2 fully saturated rings. The van der Waals surface area contributed by atoms with E-state index >= 15 is 0 Å². The Hall–Kier alpha value is -1.90. The fraction of sp³-hybridized carbons (Fsp3) is 0.529. The van der Waals surface area contributed by atoms with Crippen molar-refractivity contribution in [1.29, 1.82) is 5.26 Å². The highest BCUT2D eigenvalue weighted by atomic mass is 16.2. The van der Waals surface area contributed by atoms with Gasteiger partial charge in [0, 0.05) is 45.8 Å². The van der Waals surface area contributed by atoms with E-state index in [0.29, 0.717) is 12.1 Å². The minimum atomic E-state index is 0.284. The minimum absolute atomic E-state index is 0.284. The summed E-state index contributed by atoms with van der Waals surface area (Å²) in [6.45, 7) is 7.27. The van der Waals surface area contributed by atoms with Crippen LogP contribution in [0.3, 0.4) is 0 Å². The molecule has 22 heavy (non-hydrogen) atoms. The summed E-state index contributed by atoms with van der Waals surface area (Å²) >= 11 is 0. The zero-order valence-electron chi connectivity index (χ0n) is 12.9. The van der Waals surface area contributed by atoms with Crippen LogP contribution in [-0.2, 0) is 11.3 Å². The zero-order valence-corrected chi connectivity index (χ0v) is 12.9. The van der Waals surface area contributed by atoms with Crippen molar-refractivity contribution in [3.63, 3.8) is 0 Å². The molecule has 0 radical (unpaired) electrons. The van der Waals surface area contributed by atoms with Crippen molar-refractivity contribution < 1.29 is 4.79 Å². The van der Waals surface area contributed by atoms with Crippen LogP contribution in [0.2, 0.25) is 0 Å². The number of benzene rings is 1. The Labute approximate surface area is 131 Å². The summed E-state index contributed by atoms with van der Waals surface area (Å²) in [4.78, 5) is 18.6. The van der Waals surface area contributed by atoms with Gasteiger partial charge in [-0.05, 0) is 24.1 Å². The zero-order chi connectivity index (χ0) is 15.4. The molecule has 2 heterocycles. The molecule has 0 bridgehead atoms. The van der Waals surface area contributed by atoms with Crippen molar-refractivity contribution in [2.24, 2.45) is 0 Å². The molecular weight excluding hydrogens is 276 g/mol. The molecule has 0 N–H and O–H groups in total. The molecule has 1 aromatic rings. The van der Waals surface area contributed by atoms with Crippen LogP contribution in [0.25, 0.3) is 0 Å². The summed E-state index contributed by atoms with van der Waals surface area (Å²) in [6, 6.07) is 9.94. The molecule has 2 aliphatic heterocycles. The van der Waals surface area contributed by atoms with E-state index < -0.39 is 0 Å². The molecule has 5 heteroatoms. The molecule has 0 aliphatic carbocycles. The summed E-state index contributed by atoms with van der Waals surface area (Å²) in [7, 11) is 0. The summed E-state index contributed by atoms with van der Waals surface area (Å²) in [5, 5.41) is 8.82. The number of hydrogen-bond acceptors (Lipinski definition) is 4. The first-order valence-corrected chi connectivity index (χ1v) is 7.96. The monoisotopic (exact) mass is 298 g/mol. The van der Waals surface area contributed by atoms with E-state index in [-0.39, 0.29) is 5.91 Å². The Morgan fingerprint density at radius 1 is 1.00 bits per heavy atom. The van der Waals surface area contributed by atoms with Crippen molar-refractivity contribution in [2.45, 2.75) is 13.0 Å². The lowest BCUT2D eigenvalue weighted by atomic mass is 10.1. The number of hydrogen-bond donors (Lipinski definition) is 0. The molecule has 1 aromatic carbocycles. The summed E-state index contributed by atoms with van der Waals surface area (Å²) in [6.07, 6.45) is 1.16. The molecule has 2 aliphatic rings. The average Bonchev–Trinajstić information content (AvgIpc) is 2.48. The molecule has 5 nitrogen and oxygen atoms in total. The van der Waals surface area contributed by atoms with E-state index in [1.165, 1.54) is 5.56 Å². The van der Waals surface area contributed by atoms with Crippen molar-refractivity contribution in [2.75, 3.05) is 45.8 Å². The second kappa shape index (κ2) is 6.91. The number of piperazine rings is 1. The Balaban J connectivity index is 1.43. The maximum Gasteiger partial charge on any atom is 0.236 e. The number of nitriles is 1. The van der Waals surface area contributed by atoms with Gasteiger partial charge in [-0.1, -0.05) is 12.1 Å². The van der Waals surface area contributed by atoms with Gasteiger partial charge in [-0.2, -0.15) is 5.26 Å². The van der Waals surface area contributed by atoms with E-state index in [2.05, 4.69) is 15.9 Å². The molecule has 2 saturated heterocycles. The molecule has 0 saturated carbocycles. The van der Waals surface area contributed by atoms with E-state index in [0.717, 1.165) is 52.2 Å².